The number of carboxylic acid groups (broad SMARTS) is 2. The van der Waals surface area contributed by atoms with Gasteiger partial charge in [0.05, 0.1) is 11.8 Å². The molecule has 0 aromatic heterocycles. The molecule has 95 heavy (non-hydrogen) atoms. The maximum atomic E-state index is 11.0. The topological polar surface area (TPSA) is 420 Å². The van der Waals surface area contributed by atoms with Crippen LogP contribution < -0.4 is 0 Å². The van der Waals surface area contributed by atoms with Crippen LogP contribution in [0.2, 0.25) is 0 Å². The molecule has 6 N–H and O–H groups in total. The molecule has 536 valence electrons. The van der Waals surface area contributed by atoms with E-state index < -0.39 is 24.5 Å². The second-order valence-electron chi connectivity index (χ2n) is 26.2. The Balaban J connectivity index is 0.00000109. The molecule has 0 spiro atoms. The Morgan fingerprint density at radius 3 is 0.589 bits per heavy atom. The first-order valence-electron chi connectivity index (χ1n) is 35.1. The zero-order chi connectivity index (χ0) is 67.1. The van der Waals surface area contributed by atoms with Crippen molar-refractivity contribution in [3.8, 4) is 0 Å². The molecule has 12 heterocycles. The molecular formula is C68H112N16O8Ru3. The quantitative estimate of drug-likeness (QED) is 0.0675. The molecule has 24 nitrogen and oxygen atoms in total. The van der Waals surface area contributed by atoms with E-state index in [9.17, 15) is 30.0 Å². The molecule has 16 unspecified atom stereocenters. The van der Waals surface area contributed by atoms with E-state index >= 15 is 0 Å². The number of rotatable bonds is 10. The summed E-state index contributed by atoms with van der Waals surface area (Å²) in [7, 11) is 0. The fraction of sp³-hybridized carbons (Fsp3) is 0.912. The van der Waals surface area contributed by atoms with E-state index in [0.717, 1.165) is 52.4 Å². The van der Waals surface area contributed by atoms with Crippen molar-refractivity contribution in [2.75, 3.05) is 78.5 Å². The molecule has 12 aliphatic rings. The molecule has 0 aliphatic carbocycles. The second-order valence-corrected chi connectivity index (χ2v) is 26.2. The van der Waals surface area contributed by atoms with Gasteiger partial charge in [-0.05, 0) is 0 Å². The zero-order valence-corrected chi connectivity index (χ0v) is 61.4. The van der Waals surface area contributed by atoms with Crippen LogP contribution in [-0.2, 0) is 68.0 Å². The predicted molar refractivity (Wildman–Crippen MR) is 357 cm³/mol. The fourth-order valence-corrected chi connectivity index (χ4v) is 14.7. The molecule has 27 heteroatoms. The van der Waals surface area contributed by atoms with E-state index in [1.54, 1.807) is 0 Å². The smallest absolute Gasteiger partial charge is 0.661 e. The van der Waals surface area contributed by atoms with Crippen LogP contribution in [0.5, 0.6) is 0 Å². The first-order chi connectivity index (χ1) is 45.0. The van der Waals surface area contributed by atoms with E-state index in [4.69, 9.17) is 57.5 Å². The maximum absolute atomic E-state index is 11.0. The summed E-state index contributed by atoms with van der Waals surface area (Å²) in [6.07, 6.45) is 34.1. The minimum atomic E-state index is -1.30. The summed E-state index contributed by atoms with van der Waals surface area (Å²) in [5, 5.41) is 135. The summed E-state index contributed by atoms with van der Waals surface area (Å²) >= 11 is 0. The summed E-state index contributed by atoms with van der Waals surface area (Å²) in [5.41, 5.74) is 0. The van der Waals surface area contributed by atoms with Gasteiger partial charge in [-0.15, -0.1) is 78.5 Å². The number of nitrogens with zero attached hydrogens (tertiary/aromatic N) is 16. The van der Waals surface area contributed by atoms with Crippen molar-refractivity contribution in [3.05, 3.63) is 90.1 Å². The summed E-state index contributed by atoms with van der Waals surface area (Å²) in [6, 6.07) is 4.54. The first-order valence-corrected chi connectivity index (χ1v) is 35.1. The second kappa shape index (κ2) is 58.7. The molecular weight excluding hydrogens is 1470 g/mol. The molecule has 12 aliphatic heterocycles. The van der Waals surface area contributed by atoms with Gasteiger partial charge in [0.15, 0.2) is 12.6 Å². The molecule has 0 aromatic rings. The number of aliphatic carboxylic acids is 2. The maximum Gasteiger partial charge on any atom is 6.00 e. The molecule has 0 saturated carbocycles. The minimum Gasteiger partial charge on any atom is -0.661 e. The van der Waals surface area contributed by atoms with Gasteiger partial charge in [0.25, 0.3) is 0 Å². The number of aliphatic hydroxyl groups is 4. The van der Waals surface area contributed by atoms with Gasteiger partial charge >= 0.3 is 70.4 Å². The molecule has 12 rings (SSSR count). The Morgan fingerprint density at radius 1 is 0.263 bits per heavy atom. The first kappa shape index (κ1) is 93.1. The summed E-state index contributed by atoms with van der Waals surface area (Å²) in [4.78, 5) is 22.0. The molecule has 0 radical (unpaired) electrons. The van der Waals surface area contributed by atoms with Crippen LogP contribution in [0, 0.1) is 71.0 Å². The molecule has 16 atom stereocenters. The Kier molecular flexibility index (Phi) is 57.6. The zero-order valence-electron chi connectivity index (χ0n) is 56.2. The van der Waals surface area contributed by atoms with Gasteiger partial charge in [0.1, 0.15) is 0 Å². The van der Waals surface area contributed by atoms with Crippen molar-refractivity contribution in [3.63, 3.8) is 0 Å². The van der Waals surface area contributed by atoms with Crippen molar-refractivity contribution in [1.29, 1.82) is 21.0 Å². The van der Waals surface area contributed by atoms with Crippen molar-refractivity contribution < 1.29 is 98.7 Å². The normalized spacial score (nSPS) is 33.6. The third-order valence-corrected chi connectivity index (χ3v) is 19.9. The van der Waals surface area contributed by atoms with Gasteiger partial charge in [0, 0.05) is 11.8 Å². The van der Waals surface area contributed by atoms with Crippen LogP contribution in [0.15, 0.2) is 0 Å². The monoisotopic (exact) mass is 1590 g/mol. The van der Waals surface area contributed by atoms with Gasteiger partial charge in [-0.2, -0.15) is 72.5 Å². The van der Waals surface area contributed by atoms with Gasteiger partial charge in [-0.1, -0.05) is 205 Å². The number of carboxylic acids is 2. The third-order valence-electron chi connectivity index (χ3n) is 19.9. The van der Waals surface area contributed by atoms with Gasteiger partial charge in [-0.3, -0.25) is 9.59 Å². The summed E-state index contributed by atoms with van der Waals surface area (Å²) < 4.78 is 0. The number of piperidine rings is 12. The minimum absolute atomic E-state index is 0. The van der Waals surface area contributed by atoms with E-state index in [2.05, 4.69) is 63.8 Å². The number of hydrogen-bond donors (Lipinski definition) is 6. The van der Waals surface area contributed by atoms with Crippen molar-refractivity contribution in [2.24, 2.45) is 23.7 Å². The Hall–Kier alpha value is -1.87. The standard InChI is InChI=1S/2C12H20N2O4.4C10H18N2.4CN.3Ru/c2*15-11(16)7-1-3-13-9(5-7)10-6-8(12(17)18)2-4-14-10;4*1-3-7-11-9(5-1)10-6-2-4-8-12-10;4*1-2;;;/h2*7-11,15-16H,1-6H2,(H,17,18);4*9-10H,1-8H2;;;;;;;/q6*-2;4*-1;+4;2*+6. The SMILES string of the molecule is C1CCC(C2CCCC[N-]2)[N-]C1.C1CCC(C2CCCC[N-]2)[N-]C1.C1CCC(C2CCCC[N-]2)[N-]C1.C1CCC(C2CCCC[N-]2)[N-]C1.O=C(O)C1CC[N-]C(C2CC(C(O)O)CC[N-]2)C1.O=C(O)C1CC[N-]C(C2CC(C(O)O)CC[N-]2)C1.[C-]#N.[C-]#N.[C-]#N.[C-]#N.[Ru+4].[Ru+6].[Ru+6]. The van der Waals surface area contributed by atoms with Gasteiger partial charge in [-0.25, -0.2) is 0 Å². The average Bonchev–Trinajstić information content (AvgIpc) is 0.927. The summed E-state index contributed by atoms with van der Waals surface area (Å²) in [6.45, 7) is 30.1. The Labute approximate surface area is 610 Å². The van der Waals surface area contributed by atoms with Crippen LogP contribution >= 0.6 is 0 Å². The molecule has 0 amide bonds. The van der Waals surface area contributed by atoms with E-state index in [1.807, 2.05) is 0 Å². The summed E-state index contributed by atoms with van der Waals surface area (Å²) in [5.74, 6) is -2.50. The van der Waals surface area contributed by atoms with Crippen LogP contribution in [0.3, 0.4) is 0 Å². The number of hydrogen-bond acceptors (Lipinski definition) is 10. The van der Waals surface area contributed by atoms with E-state index in [0.29, 0.717) is 126 Å². The molecule has 12 saturated heterocycles. The fourth-order valence-electron chi connectivity index (χ4n) is 14.7. The molecule has 12 fully saturated rings. The molecule has 0 bridgehead atoms. The Morgan fingerprint density at radius 2 is 0.432 bits per heavy atom. The van der Waals surface area contributed by atoms with Gasteiger partial charge < -0.3 is 142 Å². The van der Waals surface area contributed by atoms with Crippen molar-refractivity contribution >= 4 is 11.9 Å². The van der Waals surface area contributed by atoms with Crippen LogP contribution in [-0.4, -0.2) is 206 Å². The Bertz CT molecular complexity index is 1660. The van der Waals surface area contributed by atoms with Crippen LogP contribution in [0.4, 0.5) is 0 Å². The van der Waals surface area contributed by atoms with E-state index in [-0.39, 0.29) is 106 Å². The number of aliphatic hydroxyl groups excluding tert-OH is 2. The largest absolute Gasteiger partial charge is 6.00 e. The molecule has 0 aromatic carbocycles. The van der Waals surface area contributed by atoms with Gasteiger partial charge in [0.2, 0.25) is 0 Å². The van der Waals surface area contributed by atoms with Crippen LogP contribution in [0.25, 0.3) is 63.8 Å². The number of carbonyl (C=O) groups is 2. The average molecular weight is 1580 g/mol. The third kappa shape index (κ3) is 37.0. The van der Waals surface area contributed by atoms with Crippen LogP contribution in [0.1, 0.15) is 205 Å². The van der Waals surface area contributed by atoms with E-state index in [1.165, 1.54) is 154 Å². The predicted octanol–water partition coefficient (Wildman–Crippen LogP) is 13.1. The van der Waals surface area contributed by atoms with Crippen molar-refractivity contribution in [1.82, 2.24) is 0 Å². The van der Waals surface area contributed by atoms with Crippen molar-refractivity contribution in [2.45, 2.75) is 291 Å².